The summed E-state index contributed by atoms with van der Waals surface area (Å²) in [6.07, 6.45) is 0. The van der Waals surface area contributed by atoms with Crippen LogP contribution in [0, 0.1) is 11.7 Å². The topological polar surface area (TPSA) is 40.9 Å². The van der Waals surface area contributed by atoms with Gasteiger partial charge in [-0.25, -0.2) is 8.99 Å². The Bertz CT molecular complexity index is 368. The largest absolute Gasteiger partial charge is 0.249 e. The van der Waals surface area contributed by atoms with E-state index < -0.39 is 9.73 Å². The van der Waals surface area contributed by atoms with Gasteiger partial charge in [-0.05, 0) is 18.6 Å². The first-order chi connectivity index (χ1) is 5.58. The van der Waals surface area contributed by atoms with Crippen LogP contribution in [0.3, 0.4) is 0 Å². The molecule has 0 saturated heterocycles. The first-order valence-electron chi connectivity index (χ1n) is 3.90. The van der Waals surface area contributed by atoms with Crippen molar-refractivity contribution in [3.63, 3.8) is 0 Å². The Balaban J connectivity index is 3.30. The van der Waals surface area contributed by atoms with Gasteiger partial charge >= 0.3 is 0 Å². The summed E-state index contributed by atoms with van der Waals surface area (Å²) in [4.78, 5) is 0.674. The van der Waals surface area contributed by atoms with Gasteiger partial charge in [0.25, 0.3) is 0 Å². The number of rotatable bonds is 2. The van der Waals surface area contributed by atoms with Crippen LogP contribution in [0.4, 0.5) is 0 Å². The second-order valence-electron chi connectivity index (χ2n) is 2.73. The molecule has 0 amide bonds. The lowest BCUT2D eigenvalue weighted by molar-refractivity contribution is 0.675. The van der Waals surface area contributed by atoms with E-state index in [-0.39, 0.29) is 0 Å². The molecule has 1 rings (SSSR count). The van der Waals surface area contributed by atoms with Crippen LogP contribution in [-0.4, -0.2) is 9.96 Å². The molecule has 0 fully saturated rings. The molecule has 12 heavy (non-hydrogen) atoms. The van der Waals surface area contributed by atoms with Gasteiger partial charge in [0, 0.05) is 5.75 Å². The van der Waals surface area contributed by atoms with E-state index in [2.05, 4.69) is 0 Å². The van der Waals surface area contributed by atoms with Crippen LogP contribution in [0.5, 0.6) is 0 Å². The Kier molecular flexibility index (Phi) is 2.52. The lowest BCUT2D eigenvalue weighted by atomic mass is 10.2. The third kappa shape index (κ3) is 1.67. The SMILES string of the molecule is CCS(=N)(=O)c1ccccc1C. The molecule has 0 heterocycles. The molecule has 0 aliphatic heterocycles. The lowest BCUT2D eigenvalue weighted by Gasteiger charge is -2.06. The van der Waals surface area contributed by atoms with Crippen molar-refractivity contribution >= 4 is 9.73 Å². The average Bonchev–Trinajstić information content (AvgIpc) is 2.05. The highest BCUT2D eigenvalue weighted by Crippen LogP contribution is 2.15. The van der Waals surface area contributed by atoms with Crippen LogP contribution in [0.25, 0.3) is 0 Å². The number of hydrogen-bond acceptors (Lipinski definition) is 2. The fourth-order valence-electron chi connectivity index (χ4n) is 1.08. The molecule has 1 N–H and O–H groups in total. The van der Waals surface area contributed by atoms with E-state index in [9.17, 15) is 4.21 Å². The highest BCUT2D eigenvalue weighted by atomic mass is 32.2. The fraction of sp³-hybridized carbons (Fsp3) is 0.333. The van der Waals surface area contributed by atoms with Gasteiger partial charge in [-0.15, -0.1) is 0 Å². The zero-order chi connectivity index (χ0) is 9.19. The Morgan fingerprint density at radius 2 is 2.00 bits per heavy atom. The van der Waals surface area contributed by atoms with Crippen LogP contribution in [0.2, 0.25) is 0 Å². The molecule has 1 aromatic carbocycles. The van der Waals surface area contributed by atoms with Crippen molar-refractivity contribution in [1.82, 2.24) is 0 Å². The number of nitrogens with one attached hydrogen (secondary N) is 1. The number of benzene rings is 1. The highest BCUT2D eigenvalue weighted by Gasteiger charge is 2.08. The molecule has 1 aromatic rings. The van der Waals surface area contributed by atoms with Crippen molar-refractivity contribution in [2.24, 2.45) is 0 Å². The minimum atomic E-state index is -2.53. The van der Waals surface area contributed by atoms with Gasteiger partial charge in [-0.1, -0.05) is 25.1 Å². The van der Waals surface area contributed by atoms with Crippen LogP contribution in [-0.2, 0) is 9.73 Å². The number of aryl methyl sites for hydroxylation is 1. The summed E-state index contributed by atoms with van der Waals surface area (Å²) in [6, 6.07) is 7.38. The Morgan fingerprint density at radius 1 is 1.42 bits per heavy atom. The lowest BCUT2D eigenvalue weighted by Crippen LogP contribution is -2.03. The fourth-order valence-corrected chi connectivity index (χ4v) is 2.28. The Labute approximate surface area is 73.6 Å². The molecule has 0 radical (unpaired) electrons. The van der Waals surface area contributed by atoms with Gasteiger partial charge in [0.1, 0.15) is 0 Å². The zero-order valence-electron chi connectivity index (χ0n) is 7.33. The smallest absolute Gasteiger partial charge is 0.0725 e. The monoisotopic (exact) mass is 183 g/mol. The van der Waals surface area contributed by atoms with Crippen LogP contribution < -0.4 is 0 Å². The van der Waals surface area contributed by atoms with E-state index in [4.69, 9.17) is 4.78 Å². The molecule has 3 heteroatoms. The molecule has 66 valence electrons. The minimum absolute atomic E-state index is 0.387. The summed E-state index contributed by atoms with van der Waals surface area (Å²) in [7, 11) is -2.53. The molecule has 0 saturated carbocycles. The molecule has 0 spiro atoms. The van der Waals surface area contributed by atoms with Gasteiger partial charge in [-0.3, -0.25) is 0 Å². The molecule has 0 bridgehead atoms. The summed E-state index contributed by atoms with van der Waals surface area (Å²) in [5, 5.41) is 0. The van der Waals surface area contributed by atoms with Gasteiger partial charge in [0.15, 0.2) is 0 Å². The maximum absolute atomic E-state index is 11.6. The van der Waals surface area contributed by atoms with Crippen molar-refractivity contribution < 1.29 is 4.21 Å². The molecule has 0 aliphatic carbocycles. The Hall–Kier alpha value is -0.830. The van der Waals surface area contributed by atoms with E-state index in [1.807, 2.05) is 25.1 Å². The predicted octanol–water partition coefficient (Wildman–Crippen LogP) is 2.42. The first kappa shape index (κ1) is 9.26. The summed E-state index contributed by atoms with van der Waals surface area (Å²) in [6.45, 7) is 3.67. The maximum atomic E-state index is 11.6. The predicted molar refractivity (Wildman–Crippen MR) is 50.8 cm³/mol. The quantitative estimate of drug-likeness (QED) is 0.751. The normalized spacial score (nSPS) is 15.5. The minimum Gasteiger partial charge on any atom is -0.249 e. The highest BCUT2D eigenvalue weighted by molar-refractivity contribution is 7.92. The van der Waals surface area contributed by atoms with E-state index in [1.54, 1.807) is 13.0 Å². The van der Waals surface area contributed by atoms with Crippen molar-refractivity contribution in [3.8, 4) is 0 Å². The first-order valence-corrected chi connectivity index (χ1v) is 5.63. The average molecular weight is 183 g/mol. The zero-order valence-corrected chi connectivity index (χ0v) is 8.15. The standard InChI is InChI=1S/C9H13NOS/c1-3-12(10,11)9-7-5-4-6-8(9)2/h4-7,10H,3H2,1-2H3. The molecule has 2 nitrogen and oxygen atoms in total. The third-order valence-corrected chi connectivity index (χ3v) is 3.84. The van der Waals surface area contributed by atoms with Crippen LogP contribution >= 0.6 is 0 Å². The number of hydrogen-bond donors (Lipinski definition) is 1. The third-order valence-electron chi connectivity index (χ3n) is 1.86. The van der Waals surface area contributed by atoms with E-state index in [0.29, 0.717) is 10.6 Å². The van der Waals surface area contributed by atoms with Crippen molar-refractivity contribution in [2.75, 3.05) is 5.75 Å². The molecule has 1 unspecified atom stereocenters. The van der Waals surface area contributed by atoms with Gasteiger partial charge < -0.3 is 0 Å². The molecular weight excluding hydrogens is 170 g/mol. The summed E-state index contributed by atoms with van der Waals surface area (Å²) < 4.78 is 19.2. The van der Waals surface area contributed by atoms with Gasteiger partial charge in [0.05, 0.1) is 14.6 Å². The van der Waals surface area contributed by atoms with E-state index >= 15 is 0 Å². The Morgan fingerprint density at radius 3 is 2.50 bits per heavy atom. The summed E-state index contributed by atoms with van der Waals surface area (Å²) in [5.41, 5.74) is 0.944. The van der Waals surface area contributed by atoms with E-state index in [0.717, 1.165) is 5.56 Å². The molecule has 0 aromatic heterocycles. The van der Waals surface area contributed by atoms with Crippen molar-refractivity contribution in [1.29, 1.82) is 4.78 Å². The van der Waals surface area contributed by atoms with Gasteiger partial charge in [-0.2, -0.15) is 0 Å². The molecule has 1 atom stereocenters. The maximum Gasteiger partial charge on any atom is 0.0725 e. The second-order valence-corrected chi connectivity index (χ2v) is 5.10. The molecular formula is C9H13NOS. The second kappa shape index (κ2) is 3.27. The van der Waals surface area contributed by atoms with Crippen LogP contribution in [0.15, 0.2) is 29.2 Å². The van der Waals surface area contributed by atoms with Crippen molar-refractivity contribution in [3.05, 3.63) is 29.8 Å². The van der Waals surface area contributed by atoms with Crippen molar-refractivity contribution in [2.45, 2.75) is 18.7 Å². The molecule has 0 aliphatic rings. The summed E-state index contributed by atoms with van der Waals surface area (Å²) in [5.74, 6) is 0.387. The van der Waals surface area contributed by atoms with E-state index in [1.165, 1.54) is 0 Å². The van der Waals surface area contributed by atoms with Gasteiger partial charge in [0.2, 0.25) is 0 Å². The van der Waals surface area contributed by atoms with Crippen LogP contribution in [0.1, 0.15) is 12.5 Å². The summed E-state index contributed by atoms with van der Waals surface area (Å²) >= 11 is 0.